The number of aliphatic imine (C=N–C) groups is 1. The topological polar surface area (TPSA) is 53.2 Å². The minimum Gasteiger partial charge on any atom is -0.342 e. The zero-order chi connectivity index (χ0) is 20.3. The summed E-state index contributed by atoms with van der Waals surface area (Å²) < 4.78 is 1.85. The van der Waals surface area contributed by atoms with Crippen molar-refractivity contribution >= 4 is 29.6 Å². The zero-order valence-electron chi connectivity index (χ0n) is 17.3. The van der Waals surface area contributed by atoms with E-state index in [2.05, 4.69) is 29.1 Å². The van der Waals surface area contributed by atoms with Gasteiger partial charge in [0.1, 0.15) is 0 Å². The molecule has 2 aromatic heterocycles. The highest BCUT2D eigenvalue weighted by Gasteiger charge is 2.37. The molecule has 1 saturated carbocycles. The Morgan fingerprint density at radius 3 is 2.72 bits per heavy atom. The van der Waals surface area contributed by atoms with E-state index in [1.807, 2.05) is 23.0 Å². The summed E-state index contributed by atoms with van der Waals surface area (Å²) in [7, 11) is 1.79. The molecule has 0 bridgehead atoms. The fourth-order valence-electron chi connectivity index (χ4n) is 4.57. The lowest BCUT2D eigenvalue weighted by Crippen LogP contribution is -2.47. The van der Waals surface area contributed by atoms with Crippen LogP contribution >= 0.6 is 11.8 Å². The van der Waals surface area contributed by atoms with E-state index in [9.17, 15) is 4.79 Å². The summed E-state index contributed by atoms with van der Waals surface area (Å²) in [5.41, 5.74) is 1.62. The van der Waals surface area contributed by atoms with E-state index in [0.717, 1.165) is 40.8 Å². The van der Waals surface area contributed by atoms with Crippen molar-refractivity contribution in [2.24, 2.45) is 10.4 Å². The lowest BCUT2D eigenvalue weighted by atomic mass is 9.77. The monoisotopic (exact) mass is 411 g/mol. The number of carbonyl (C=O) groups excluding carboxylic acids is 1. The molecule has 2 fully saturated rings. The number of guanidine groups is 1. The van der Waals surface area contributed by atoms with Gasteiger partial charge in [-0.05, 0) is 56.2 Å². The van der Waals surface area contributed by atoms with Crippen LogP contribution < -0.4 is 0 Å². The minimum absolute atomic E-state index is 0.551. The normalized spacial score (nSPS) is 19.9. The molecule has 1 aliphatic carbocycles. The predicted octanol–water partition coefficient (Wildman–Crippen LogP) is 4.39. The molecule has 0 N–H and O–H groups in total. The lowest BCUT2D eigenvalue weighted by molar-refractivity contribution is -0.114. The number of hydrogen-bond acceptors (Lipinski definition) is 4. The second-order valence-electron chi connectivity index (χ2n) is 8.24. The third-order valence-corrected chi connectivity index (χ3v) is 7.17. The first-order valence-electron chi connectivity index (χ1n) is 10.4. The van der Waals surface area contributed by atoms with Crippen molar-refractivity contribution in [3.05, 3.63) is 41.7 Å². The van der Waals surface area contributed by atoms with Gasteiger partial charge < -0.3 is 4.90 Å². The quantitative estimate of drug-likeness (QED) is 0.324. The first kappa shape index (κ1) is 20.0. The minimum atomic E-state index is 0.551. The second kappa shape index (κ2) is 8.61. The molecule has 1 spiro atoms. The fraction of sp³-hybridized carbons (Fsp3) is 0.500. The van der Waals surface area contributed by atoms with Crippen molar-refractivity contribution in [1.29, 1.82) is 0 Å². The summed E-state index contributed by atoms with van der Waals surface area (Å²) >= 11 is 1.67. The van der Waals surface area contributed by atoms with Crippen LogP contribution in [0, 0.1) is 5.41 Å². The number of piperidine rings is 1. The smallest absolute Gasteiger partial charge is 0.216 e. The molecule has 4 rings (SSSR count). The van der Waals surface area contributed by atoms with E-state index in [1.54, 1.807) is 29.9 Å². The highest BCUT2D eigenvalue weighted by atomic mass is 32.2. The Labute approximate surface area is 176 Å². The second-order valence-corrected chi connectivity index (χ2v) is 9.56. The van der Waals surface area contributed by atoms with Crippen LogP contribution in [0.1, 0.15) is 45.4 Å². The first-order valence-corrected chi connectivity index (χ1v) is 11.2. The number of rotatable bonds is 4. The number of thioether (sulfide) groups is 1. The summed E-state index contributed by atoms with van der Waals surface area (Å²) in [4.78, 5) is 22.3. The fourth-order valence-corrected chi connectivity index (χ4v) is 5.36. The molecule has 0 radical (unpaired) electrons. The number of fused-ring (bicyclic) bond motifs is 1. The maximum atomic E-state index is 11.5. The van der Waals surface area contributed by atoms with Crippen LogP contribution in [0.3, 0.4) is 0 Å². The number of likely N-dealkylation sites (tertiary alicyclic amines) is 1. The number of allylic oxidation sites excluding steroid dienone is 1. The molecule has 0 atom stereocenters. The molecule has 2 aliphatic rings. The van der Waals surface area contributed by atoms with Gasteiger partial charge in [-0.2, -0.15) is 5.10 Å². The van der Waals surface area contributed by atoms with Crippen molar-refractivity contribution in [3.63, 3.8) is 0 Å². The van der Waals surface area contributed by atoms with Crippen molar-refractivity contribution in [3.8, 4) is 0 Å². The molecule has 3 heterocycles. The average molecular weight is 412 g/mol. The molecule has 1 saturated heterocycles. The highest BCUT2D eigenvalue weighted by molar-refractivity contribution is 8.03. The van der Waals surface area contributed by atoms with Crippen LogP contribution in [0.5, 0.6) is 0 Å². The number of carbonyl (C=O) groups is 1. The lowest BCUT2D eigenvalue weighted by Gasteiger charge is -2.41. The number of hydrogen-bond donors (Lipinski definition) is 0. The number of pyridine rings is 1. The summed E-state index contributed by atoms with van der Waals surface area (Å²) in [6, 6.07) is 6.16. The SMILES string of the molecule is C/C(=C\N=C(/N(C)C=O)N1CCC2(CCCC2)CC1)Sc1ccn2nccc2c1. The van der Waals surface area contributed by atoms with Gasteiger partial charge in [0.15, 0.2) is 0 Å². The van der Waals surface area contributed by atoms with E-state index < -0.39 is 0 Å². The van der Waals surface area contributed by atoms with Crippen molar-refractivity contribution < 1.29 is 4.79 Å². The van der Waals surface area contributed by atoms with Crippen molar-refractivity contribution in [2.75, 3.05) is 20.1 Å². The molecule has 0 unspecified atom stereocenters. The van der Waals surface area contributed by atoms with Gasteiger partial charge in [-0.15, -0.1) is 0 Å². The van der Waals surface area contributed by atoms with Gasteiger partial charge in [0, 0.05) is 48.5 Å². The van der Waals surface area contributed by atoms with Crippen LogP contribution in [0.25, 0.3) is 5.52 Å². The molecule has 2 aromatic rings. The molecule has 1 aliphatic heterocycles. The van der Waals surface area contributed by atoms with Crippen molar-refractivity contribution in [2.45, 2.75) is 50.3 Å². The molecular weight excluding hydrogens is 382 g/mol. The van der Waals surface area contributed by atoms with Crippen LogP contribution in [0.2, 0.25) is 0 Å². The van der Waals surface area contributed by atoms with Gasteiger partial charge in [-0.1, -0.05) is 24.6 Å². The van der Waals surface area contributed by atoms with Gasteiger partial charge in [0.05, 0.1) is 5.52 Å². The predicted molar refractivity (Wildman–Crippen MR) is 118 cm³/mol. The first-order chi connectivity index (χ1) is 14.1. The van der Waals surface area contributed by atoms with E-state index in [4.69, 9.17) is 4.99 Å². The number of nitrogens with zero attached hydrogens (tertiary/aromatic N) is 5. The maximum absolute atomic E-state index is 11.5. The maximum Gasteiger partial charge on any atom is 0.216 e. The van der Waals surface area contributed by atoms with Gasteiger partial charge >= 0.3 is 0 Å². The van der Waals surface area contributed by atoms with Gasteiger partial charge in [-0.25, -0.2) is 9.51 Å². The Kier molecular flexibility index (Phi) is 5.94. The molecule has 0 aromatic carbocycles. The Morgan fingerprint density at radius 2 is 2.00 bits per heavy atom. The molecule has 1 amide bonds. The molecule has 154 valence electrons. The molecular formula is C22H29N5OS. The van der Waals surface area contributed by atoms with E-state index in [-0.39, 0.29) is 0 Å². The summed E-state index contributed by atoms with van der Waals surface area (Å²) in [5, 5.41) is 4.23. The number of aromatic nitrogens is 2. The van der Waals surface area contributed by atoms with Gasteiger partial charge in [0.25, 0.3) is 0 Å². The Balaban J connectivity index is 1.46. The Hall–Kier alpha value is -2.28. The van der Waals surface area contributed by atoms with Crippen LogP contribution in [0.4, 0.5) is 0 Å². The van der Waals surface area contributed by atoms with Gasteiger partial charge in [0.2, 0.25) is 12.4 Å². The van der Waals surface area contributed by atoms with Crippen LogP contribution in [-0.4, -0.2) is 51.9 Å². The molecule has 6 nitrogen and oxygen atoms in total. The highest BCUT2D eigenvalue weighted by Crippen LogP contribution is 2.46. The van der Waals surface area contributed by atoms with E-state index in [1.165, 1.54) is 38.5 Å². The zero-order valence-corrected chi connectivity index (χ0v) is 18.1. The van der Waals surface area contributed by atoms with E-state index >= 15 is 0 Å². The largest absolute Gasteiger partial charge is 0.342 e. The van der Waals surface area contributed by atoms with Crippen LogP contribution in [-0.2, 0) is 4.79 Å². The Bertz CT molecular complexity index is 918. The molecule has 7 heteroatoms. The van der Waals surface area contributed by atoms with Crippen molar-refractivity contribution in [1.82, 2.24) is 19.4 Å². The number of amides is 1. The Morgan fingerprint density at radius 1 is 1.24 bits per heavy atom. The van der Waals surface area contributed by atoms with E-state index in [0.29, 0.717) is 5.41 Å². The summed E-state index contributed by atoms with van der Waals surface area (Å²) in [6.45, 7) is 4.01. The third kappa shape index (κ3) is 4.50. The third-order valence-electron chi connectivity index (χ3n) is 6.26. The molecule has 29 heavy (non-hydrogen) atoms. The summed E-state index contributed by atoms with van der Waals surface area (Å²) in [6.07, 6.45) is 14.4. The average Bonchev–Trinajstić information content (AvgIpc) is 3.38. The van der Waals surface area contributed by atoms with Crippen LogP contribution in [0.15, 0.2) is 51.6 Å². The standard InChI is InChI=1S/C22H29N5OS/c1-18(29-20-6-12-27-19(15-20)5-11-24-27)16-23-21(25(2)17-28)26-13-9-22(10-14-26)7-3-4-8-22/h5-6,11-12,15-17H,3-4,7-10,13-14H2,1-2H3/b18-16+,23-21+. The summed E-state index contributed by atoms with van der Waals surface area (Å²) in [5.74, 6) is 0.749. The van der Waals surface area contributed by atoms with Gasteiger partial charge in [-0.3, -0.25) is 9.69 Å².